The van der Waals surface area contributed by atoms with E-state index in [0.717, 1.165) is 32.5 Å². The molecule has 4 nitrogen and oxygen atoms in total. The fraction of sp³-hybridized carbons (Fsp3) is 0.933. The number of likely N-dealkylation sites (N-methyl/N-ethyl adjacent to an activating group) is 1. The van der Waals surface area contributed by atoms with Crippen LogP contribution in [0, 0.1) is 5.92 Å². The first-order valence-corrected chi connectivity index (χ1v) is 7.77. The van der Waals surface area contributed by atoms with E-state index in [1.165, 1.54) is 12.8 Å². The molecule has 1 amide bonds. The largest absolute Gasteiger partial charge is 0.324 e. The first-order chi connectivity index (χ1) is 9.00. The van der Waals surface area contributed by atoms with E-state index in [4.69, 9.17) is 0 Å². The monoisotopic (exact) mass is 267 g/mol. The Morgan fingerprint density at radius 1 is 1.42 bits per heavy atom. The predicted molar refractivity (Wildman–Crippen MR) is 77.8 cm³/mol. The van der Waals surface area contributed by atoms with E-state index in [2.05, 4.69) is 42.9 Å². The van der Waals surface area contributed by atoms with Crippen molar-refractivity contribution in [3.05, 3.63) is 0 Å². The molecule has 1 heterocycles. The van der Waals surface area contributed by atoms with Crippen LogP contribution in [0.2, 0.25) is 0 Å². The lowest BCUT2D eigenvalue weighted by Gasteiger charge is -2.28. The number of carbonyl (C=O) groups excluding carboxylic acids is 1. The predicted octanol–water partition coefficient (Wildman–Crippen LogP) is 1.66. The molecule has 1 saturated heterocycles. The standard InChI is InChI=1S/C15H29N3O/c1-5-17(4)10-11-18-13(12(2)3)16-15(14(18)19)8-6-7-9-15/h12-13,16H,5-11H2,1-4H3. The maximum Gasteiger partial charge on any atom is 0.244 e. The molecule has 0 aromatic rings. The maximum absolute atomic E-state index is 12.8. The first-order valence-electron chi connectivity index (χ1n) is 7.77. The Morgan fingerprint density at radius 3 is 2.58 bits per heavy atom. The molecule has 1 unspecified atom stereocenters. The maximum atomic E-state index is 12.8. The van der Waals surface area contributed by atoms with Gasteiger partial charge < -0.3 is 9.80 Å². The van der Waals surface area contributed by atoms with Gasteiger partial charge in [-0.15, -0.1) is 0 Å². The molecule has 1 saturated carbocycles. The summed E-state index contributed by atoms with van der Waals surface area (Å²) >= 11 is 0. The molecule has 1 aliphatic carbocycles. The Balaban J connectivity index is 2.07. The SMILES string of the molecule is CCN(C)CCN1C(=O)C2(CCCC2)NC1C(C)C. The summed E-state index contributed by atoms with van der Waals surface area (Å²) in [5, 5.41) is 3.67. The number of carbonyl (C=O) groups is 1. The molecule has 19 heavy (non-hydrogen) atoms. The van der Waals surface area contributed by atoms with Gasteiger partial charge in [-0.25, -0.2) is 0 Å². The number of nitrogens with one attached hydrogen (secondary N) is 1. The van der Waals surface area contributed by atoms with E-state index in [9.17, 15) is 4.79 Å². The van der Waals surface area contributed by atoms with Crippen LogP contribution in [-0.4, -0.2) is 54.1 Å². The van der Waals surface area contributed by atoms with E-state index in [0.29, 0.717) is 11.8 Å². The van der Waals surface area contributed by atoms with Crippen LogP contribution < -0.4 is 5.32 Å². The van der Waals surface area contributed by atoms with Gasteiger partial charge in [-0.3, -0.25) is 10.1 Å². The third-order valence-corrected chi connectivity index (χ3v) is 4.78. The molecule has 0 aromatic heterocycles. The van der Waals surface area contributed by atoms with E-state index in [1.807, 2.05) is 0 Å². The topological polar surface area (TPSA) is 35.6 Å². The van der Waals surface area contributed by atoms with E-state index < -0.39 is 0 Å². The van der Waals surface area contributed by atoms with Gasteiger partial charge in [0, 0.05) is 13.1 Å². The Kier molecular flexibility index (Phi) is 4.51. The van der Waals surface area contributed by atoms with Crippen molar-refractivity contribution in [1.29, 1.82) is 0 Å². The van der Waals surface area contributed by atoms with Gasteiger partial charge in [-0.2, -0.15) is 0 Å². The zero-order chi connectivity index (χ0) is 14.0. The average molecular weight is 267 g/mol. The molecule has 1 N–H and O–H groups in total. The molecule has 1 atom stereocenters. The molecule has 0 radical (unpaired) electrons. The van der Waals surface area contributed by atoms with Crippen LogP contribution in [0.5, 0.6) is 0 Å². The minimum atomic E-state index is -0.222. The normalized spacial score (nSPS) is 26.3. The average Bonchev–Trinajstić information content (AvgIpc) is 2.95. The van der Waals surface area contributed by atoms with Crippen LogP contribution in [0.1, 0.15) is 46.5 Å². The lowest BCUT2D eigenvalue weighted by molar-refractivity contribution is -0.133. The highest BCUT2D eigenvalue weighted by atomic mass is 16.2. The number of rotatable bonds is 5. The molecule has 4 heteroatoms. The summed E-state index contributed by atoms with van der Waals surface area (Å²) in [7, 11) is 2.11. The lowest BCUT2D eigenvalue weighted by Crippen LogP contribution is -2.45. The summed E-state index contributed by atoms with van der Waals surface area (Å²) in [6, 6.07) is 0. The third kappa shape index (κ3) is 2.79. The van der Waals surface area contributed by atoms with Crippen molar-refractivity contribution < 1.29 is 4.79 Å². The minimum Gasteiger partial charge on any atom is -0.324 e. The molecule has 0 aromatic carbocycles. The summed E-state index contributed by atoms with van der Waals surface area (Å²) in [6.07, 6.45) is 4.64. The van der Waals surface area contributed by atoms with Crippen molar-refractivity contribution in [2.45, 2.75) is 58.2 Å². The summed E-state index contributed by atoms with van der Waals surface area (Å²) < 4.78 is 0. The zero-order valence-electron chi connectivity index (χ0n) is 12.9. The second-order valence-corrected chi connectivity index (χ2v) is 6.52. The Bertz CT molecular complexity index is 323. The van der Waals surface area contributed by atoms with Crippen LogP contribution in [0.15, 0.2) is 0 Å². The molecular formula is C15H29N3O. The number of hydrogen-bond donors (Lipinski definition) is 1. The molecule has 1 spiro atoms. The second kappa shape index (κ2) is 5.80. The van der Waals surface area contributed by atoms with E-state index in [-0.39, 0.29) is 11.7 Å². The second-order valence-electron chi connectivity index (χ2n) is 6.52. The fourth-order valence-corrected chi connectivity index (χ4v) is 3.36. The molecular weight excluding hydrogens is 238 g/mol. The van der Waals surface area contributed by atoms with Gasteiger partial charge in [-0.1, -0.05) is 33.6 Å². The Hall–Kier alpha value is -0.610. The van der Waals surface area contributed by atoms with Crippen molar-refractivity contribution in [2.24, 2.45) is 5.92 Å². The lowest BCUT2D eigenvalue weighted by atomic mass is 9.98. The van der Waals surface area contributed by atoms with Gasteiger partial charge in [-0.05, 0) is 32.4 Å². The highest BCUT2D eigenvalue weighted by molar-refractivity contribution is 5.89. The molecule has 0 bridgehead atoms. The zero-order valence-corrected chi connectivity index (χ0v) is 12.9. The fourth-order valence-electron chi connectivity index (χ4n) is 3.36. The van der Waals surface area contributed by atoms with Crippen molar-refractivity contribution in [2.75, 3.05) is 26.7 Å². The summed E-state index contributed by atoms with van der Waals surface area (Å²) in [6.45, 7) is 9.41. The van der Waals surface area contributed by atoms with Crippen molar-refractivity contribution >= 4 is 5.91 Å². The van der Waals surface area contributed by atoms with Crippen LogP contribution in [0.25, 0.3) is 0 Å². The number of nitrogens with zero attached hydrogens (tertiary/aromatic N) is 2. The van der Waals surface area contributed by atoms with Crippen LogP contribution in [0.3, 0.4) is 0 Å². The molecule has 110 valence electrons. The van der Waals surface area contributed by atoms with Gasteiger partial charge >= 0.3 is 0 Å². The third-order valence-electron chi connectivity index (χ3n) is 4.78. The van der Waals surface area contributed by atoms with Crippen molar-refractivity contribution in [1.82, 2.24) is 15.1 Å². The van der Waals surface area contributed by atoms with Gasteiger partial charge in [0.2, 0.25) is 5.91 Å². The molecule has 2 rings (SSSR count). The van der Waals surface area contributed by atoms with Crippen molar-refractivity contribution in [3.8, 4) is 0 Å². The quantitative estimate of drug-likeness (QED) is 0.823. The number of hydrogen-bond acceptors (Lipinski definition) is 3. The van der Waals surface area contributed by atoms with E-state index in [1.54, 1.807) is 0 Å². The smallest absolute Gasteiger partial charge is 0.244 e. The molecule has 2 aliphatic rings. The van der Waals surface area contributed by atoms with Crippen molar-refractivity contribution in [3.63, 3.8) is 0 Å². The highest BCUT2D eigenvalue weighted by Gasteiger charge is 2.52. The van der Waals surface area contributed by atoms with Gasteiger partial charge in [0.05, 0.1) is 11.7 Å². The van der Waals surface area contributed by atoms with E-state index >= 15 is 0 Å². The van der Waals surface area contributed by atoms with Gasteiger partial charge in [0.25, 0.3) is 0 Å². The highest BCUT2D eigenvalue weighted by Crippen LogP contribution is 2.37. The molecule has 2 fully saturated rings. The van der Waals surface area contributed by atoms with Crippen LogP contribution >= 0.6 is 0 Å². The summed E-state index contributed by atoms with van der Waals surface area (Å²) in [5.41, 5.74) is -0.222. The first kappa shape index (κ1) is 14.8. The summed E-state index contributed by atoms with van der Waals surface area (Å²) in [5.74, 6) is 0.823. The minimum absolute atomic E-state index is 0.218. The number of amides is 1. The van der Waals surface area contributed by atoms with Crippen LogP contribution in [0.4, 0.5) is 0 Å². The van der Waals surface area contributed by atoms with Gasteiger partial charge in [0.1, 0.15) is 0 Å². The Labute approximate surface area is 117 Å². The van der Waals surface area contributed by atoms with Crippen LogP contribution in [-0.2, 0) is 4.79 Å². The van der Waals surface area contributed by atoms with Gasteiger partial charge in [0.15, 0.2) is 0 Å². The molecule has 1 aliphatic heterocycles. The summed E-state index contributed by atoms with van der Waals surface area (Å²) in [4.78, 5) is 17.2. The Morgan fingerprint density at radius 2 is 2.05 bits per heavy atom.